The summed E-state index contributed by atoms with van der Waals surface area (Å²) in [6, 6.07) is 7.87. The number of unbranched alkanes of at least 4 members (excludes halogenated alkanes) is 14. The quantitative estimate of drug-likeness (QED) is 0.113. The summed E-state index contributed by atoms with van der Waals surface area (Å²) >= 11 is 6.97. The predicted octanol–water partition coefficient (Wildman–Crippen LogP) is 10.2. The summed E-state index contributed by atoms with van der Waals surface area (Å²) in [6.07, 6.45) is 19.6. The van der Waals surface area contributed by atoms with Gasteiger partial charge >= 0.3 is 5.97 Å². The van der Waals surface area contributed by atoms with E-state index < -0.39 is 17.3 Å². The Kier molecular flexibility index (Phi) is 15.3. The molecule has 0 spiro atoms. The van der Waals surface area contributed by atoms with Crippen LogP contribution >= 0.6 is 23.6 Å². The summed E-state index contributed by atoms with van der Waals surface area (Å²) < 4.78 is 1.00. The predicted molar refractivity (Wildman–Crippen MR) is 162 cm³/mol. The number of carbonyl (C=O) groups is 1. The molecule has 0 saturated carbocycles. The van der Waals surface area contributed by atoms with Crippen molar-refractivity contribution < 1.29 is 15.0 Å². The van der Waals surface area contributed by atoms with E-state index in [0.29, 0.717) is 17.8 Å². The third kappa shape index (κ3) is 9.94. The summed E-state index contributed by atoms with van der Waals surface area (Å²) in [5.41, 5.74) is -0.274. The van der Waals surface area contributed by atoms with Gasteiger partial charge in [-0.3, -0.25) is 4.79 Å². The van der Waals surface area contributed by atoms with Crippen molar-refractivity contribution in [2.45, 2.75) is 135 Å². The summed E-state index contributed by atoms with van der Waals surface area (Å²) in [5.74, 6) is -1.65. The first-order valence-corrected chi connectivity index (χ1v) is 16.0. The van der Waals surface area contributed by atoms with E-state index in [1.54, 1.807) is 0 Å². The average molecular weight is 548 g/mol. The van der Waals surface area contributed by atoms with Crippen LogP contribution in [0.2, 0.25) is 0 Å². The highest BCUT2D eigenvalue weighted by Gasteiger charge is 2.50. The van der Waals surface area contributed by atoms with Crippen molar-refractivity contribution in [1.29, 1.82) is 0 Å². The molecule has 0 aliphatic carbocycles. The minimum absolute atomic E-state index is 0.207. The molecule has 1 heterocycles. The van der Waals surface area contributed by atoms with Crippen LogP contribution in [0.5, 0.6) is 0 Å². The molecule has 2 atom stereocenters. The lowest BCUT2D eigenvalue weighted by Gasteiger charge is -2.35. The number of para-hydroxylation sites is 1. The van der Waals surface area contributed by atoms with Crippen LogP contribution in [-0.4, -0.2) is 26.2 Å². The van der Waals surface area contributed by atoms with Gasteiger partial charge < -0.3 is 10.2 Å². The molecule has 2 unspecified atom stereocenters. The maximum Gasteiger partial charge on any atom is 0.307 e. The maximum absolute atomic E-state index is 12.7. The number of hydrogen-bond donors (Lipinski definition) is 2. The molecular weight excluding hydrogens is 498 g/mol. The lowest BCUT2D eigenvalue weighted by Crippen LogP contribution is -2.46. The van der Waals surface area contributed by atoms with Gasteiger partial charge in [0.1, 0.15) is 10.4 Å². The zero-order valence-electron chi connectivity index (χ0n) is 23.2. The number of aromatic nitrogens is 1. The van der Waals surface area contributed by atoms with E-state index in [0.717, 1.165) is 48.7 Å². The van der Waals surface area contributed by atoms with E-state index in [1.807, 2.05) is 24.3 Å². The zero-order chi connectivity index (χ0) is 26.9. The Morgan fingerprint density at radius 1 is 0.838 bits per heavy atom. The molecule has 0 bridgehead atoms. The number of aliphatic hydroxyl groups excluding tert-OH is 1. The number of thiocarbonyl (C=S) groups is 1. The molecule has 0 aliphatic rings. The molecule has 1 aromatic carbocycles. The van der Waals surface area contributed by atoms with Crippen molar-refractivity contribution in [3.05, 3.63) is 29.3 Å². The number of aliphatic hydroxyl groups is 1. The first kappa shape index (κ1) is 31.7. The van der Waals surface area contributed by atoms with Gasteiger partial charge in [-0.2, -0.15) is 0 Å². The average Bonchev–Trinajstić information content (AvgIpc) is 3.32. The summed E-state index contributed by atoms with van der Waals surface area (Å²) in [7, 11) is 0. The molecule has 4 nitrogen and oxygen atoms in total. The van der Waals surface area contributed by atoms with Crippen molar-refractivity contribution in [3.8, 4) is 0 Å². The molecule has 0 fully saturated rings. The number of benzene rings is 1. The van der Waals surface area contributed by atoms with Crippen molar-refractivity contribution >= 4 is 44.8 Å². The van der Waals surface area contributed by atoms with Crippen LogP contribution in [0, 0.1) is 5.92 Å². The van der Waals surface area contributed by atoms with E-state index in [-0.39, 0.29) is 5.05 Å². The number of nitrogens with zero attached hydrogens (tertiary/aromatic N) is 1. The molecule has 2 rings (SSSR count). The van der Waals surface area contributed by atoms with E-state index in [2.05, 4.69) is 13.8 Å². The normalized spacial score (nSPS) is 14.0. The Balaban J connectivity index is 2.15. The molecule has 2 aromatic rings. The van der Waals surface area contributed by atoms with Crippen molar-refractivity contribution in [3.63, 3.8) is 0 Å². The van der Waals surface area contributed by atoms with Gasteiger partial charge in [-0.25, -0.2) is 4.98 Å². The van der Waals surface area contributed by atoms with Crippen molar-refractivity contribution in [2.24, 2.45) is 5.92 Å². The van der Waals surface area contributed by atoms with Crippen LogP contribution in [0.4, 0.5) is 0 Å². The highest BCUT2D eigenvalue weighted by Crippen LogP contribution is 2.44. The van der Waals surface area contributed by atoms with Crippen LogP contribution < -0.4 is 0 Å². The smallest absolute Gasteiger partial charge is 0.307 e. The lowest BCUT2D eigenvalue weighted by atomic mass is 9.70. The van der Waals surface area contributed by atoms with Gasteiger partial charge in [0, 0.05) is 0 Å². The van der Waals surface area contributed by atoms with Gasteiger partial charge in [-0.15, -0.1) is 11.3 Å². The molecular formula is C31H49NO3S2. The number of rotatable bonds is 22. The monoisotopic (exact) mass is 547 g/mol. The highest BCUT2D eigenvalue weighted by atomic mass is 32.1. The van der Waals surface area contributed by atoms with Gasteiger partial charge in [-0.1, -0.05) is 129 Å². The van der Waals surface area contributed by atoms with Gasteiger partial charge in [0.15, 0.2) is 5.05 Å². The van der Waals surface area contributed by atoms with Crippen LogP contribution in [0.1, 0.15) is 134 Å². The Morgan fingerprint density at radius 2 is 1.35 bits per heavy atom. The molecule has 208 valence electrons. The number of fused-ring (bicyclic) bond motifs is 1. The van der Waals surface area contributed by atoms with Crippen LogP contribution in [-0.2, 0) is 10.2 Å². The topological polar surface area (TPSA) is 70.4 Å². The second kappa shape index (κ2) is 17.9. The van der Waals surface area contributed by atoms with E-state index >= 15 is 0 Å². The molecule has 2 N–H and O–H groups in total. The Labute approximate surface area is 234 Å². The van der Waals surface area contributed by atoms with E-state index in [4.69, 9.17) is 17.2 Å². The number of carboxylic acids is 1. The lowest BCUT2D eigenvalue weighted by molar-refractivity contribution is -0.144. The van der Waals surface area contributed by atoms with Gasteiger partial charge in [0.2, 0.25) is 0 Å². The molecule has 1 aromatic heterocycles. The zero-order valence-corrected chi connectivity index (χ0v) is 24.8. The summed E-state index contributed by atoms with van der Waals surface area (Å²) in [6.45, 7) is 4.45. The first-order chi connectivity index (χ1) is 18.0. The fourth-order valence-electron chi connectivity index (χ4n) is 5.44. The number of carboxylic acid groups (broad SMARTS) is 1. The Morgan fingerprint density at radius 3 is 1.86 bits per heavy atom. The molecule has 6 heteroatoms. The van der Waals surface area contributed by atoms with E-state index in [9.17, 15) is 15.0 Å². The van der Waals surface area contributed by atoms with E-state index in [1.165, 1.54) is 75.5 Å². The fraction of sp³-hybridized carbons (Fsp3) is 0.710. The minimum Gasteiger partial charge on any atom is -0.501 e. The number of hydrogen-bond acceptors (Lipinski definition) is 4. The van der Waals surface area contributed by atoms with Gasteiger partial charge in [0.05, 0.1) is 16.1 Å². The standard InChI is InChI=1S/C31H49NO3S2/c1-3-5-7-9-11-13-15-17-21-25(28(33)34)31(30(35)36,24-20-16-14-12-10-8-6-4-2)29-32-26-22-18-19-23-27(26)37-29/h18-19,22-23,25H,3-17,20-21,24H2,1-2H3,(H,33,34)(H,35,36). The van der Waals surface area contributed by atoms with Crippen LogP contribution in [0.15, 0.2) is 24.3 Å². The van der Waals surface area contributed by atoms with Crippen LogP contribution in [0.25, 0.3) is 10.2 Å². The highest BCUT2D eigenvalue weighted by molar-refractivity contribution is 7.80. The summed E-state index contributed by atoms with van der Waals surface area (Å²) in [4.78, 5) is 17.6. The van der Waals surface area contributed by atoms with Crippen molar-refractivity contribution in [2.75, 3.05) is 0 Å². The molecule has 37 heavy (non-hydrogen) atoms. The minimum atomic E-state index is -1.12. The number of thiazole rings is 1. The van der Waals surface area contributed by atoms with Crippen LogP contribution in [0.3, 0.4) is 0 Å². The SMILES string of the molecule is CCCCCCCCCCC(C(=O)O)C(CCCCCCCCCC)(C(O)=S)c1nc2ccccc2s1. The molecule has 0 aliphatic heterocycles. The molecule has 0 amide bonds. The third-order valence-electron chi connectivity index (χ3n) is 7.72. The molecule has 0 saturated heterocycles. The van der Waals surface area contributed by atoms with Gasteiger partial charge in [-0.05, 0) is 37.2 Å². The third-order valence-corrected chi connectivity index (χ3v) is 9.30. The number of aliphatic carboxylic acids is 1. The second-order valence-electron chi connectivity index (χ2n) is 10.6. The Hall–Kier alpha value is -1.53. The first-order valence-electron chi connectivity index (χ1n) is 14.8. The molecule has 0 radical (unpaired) electrons. The van der Waals surface area contributed by atoms with Gasteiger partial charge in [0.25, 0.3) is 0 Å². The fourth-order valence-corrected chi connectivity index (χ4v) is 7.09. The maximum atomic E-state index is 12.7. The second-order valence-corrected chi connectivity index (χ2v) is 12.1. The Bertz CT molecular complexity index is 895. The summed E-state index contributed by atoms with van der Waals surface area (Å²) in [5, 5.41) is 21.9. The van der Waals surface area contributed by atoms with Crippen molar-refractivity contribution in [1.82, 2.24) is 4.98 Å². The largest absolute Gasteiger partial charge is 0.501 e.